The van der Waals surface area contributed by atoms with Crippen LogP contribution in [0.25, 0.3) is 0 Å². The standard InChI is InChI=1S/C15H22N2O3/c1-2-10-9-11(10)17-13(19)15(12(18)16-14(17)20)7-5-3-4-6-8-15/h10-11H,2-9H2,1H3,(H,16,18,20). The third-order valence-corrected chi connectivity index (χ3v) is 5.20. The summed E-state index contributed by atoms with van der Waals surface area (Å²) in [5.41, 5.74) is -0.967. The van der Waals surface area contributed by atoms with Gasteiger partial charge in [-0.1, -0.05) is 39.0 Å². The van der Waals surface area contributed by atoms with Gasteiger partial charge in [-0.2, -0.15) is 0 Å². The summed E-state index contributed by atoms with van der Waals surface area (Å²) in [7, 11) is 0. The van der Waals surface area contributed by atoms with E-state index in [4.69, 9.17) is 0 Å². The Kier molecular flexibility index (Phi) is 3.30. The van der Waals surface area contributed by atoms with Crippen LogP contribution in [0.3, 0.4) is 0 Å². The van der Waals surface area contributed by atoms with E-state index in [0.29, 0.717) is 18.8 Å². The summed E-state index contributed by atoms with van der Waals surface area (Å²) in [6.45, 7) is 2.07. The number of rotatable bonds is 2. The predicted octanol–water partition coefficient (Wildman–Crippen LogP) is 2.20. The molecule has 1 heterocycles. The monoisotopic (exact) mass is 278 g/mol. The Balaban J connectivity index is 1.88. The first-order chi connectivity index (χ1) is 9.60. The number of imide groups is 2. The highest BCUT2D eigenvalue weighted by Gasteiger charge is 2.58. The maximum absolute atomic E-state index is 12.9. The number of barbiturate groups is 1. The number of urea groups is 1. The summed E-state index contributed by atoms with van der Waals surface area (Å²) in [5, 5.41) is 2.44. The minimum Gasteiger partial charge on any atom is -0.277 e. The minimum atomic E-state index is -0.967. The summed E-state index contributed by atoms with van der Waals surface area (Å²) in [5.74, 6) is -0.172. The van der Waals surface area contributed by atoms with E-state index in [0.717, 1.165) is 38.5 Å². The fourth-order valence-corrected chi connectivity index (χ4v) is 3.76. The van der Waals surface area contributed by atoms with E-state index in [-0.39, 0.29) is 17.9 Å². The van der Waals surface area contributed by atoms with Crippen molar-refractivity contribution < 1.29 is 14.4 Å². The maximum Gasteiger partial charge on any atom is 0.331 e. The molecule has 1 spiro atoms. The van der Waals surface area contributed by atoms with Gasteiger partial charge in [0.05, 0.1) is 0 Å². The quantitative estimate of drug-likeness (QED) is 0.787. The molecule has 2 atom stereocenters. The van der Waals surface area contributed by atoms with E-state index >= 15 is 0 Å². The fourth-order valence-electron chi connectivity index (χ4n) is 3.76. The lowest BCUT2D eigenvalue weighted by atomic mass is 9.77. The zero-order chi connectivity index (χ0) is 14.3. The SMILES string of the molecule is CCC1CC1N1C(=O)NC(=O)C2(CCCCCC2)C1=O. The Labute approximate surface area is 119 Å². The van der Waals surface area contributed by atoms with Gasteiger partial charge in [-0.15, -0.1) is 0 Å². The third kappa shape index (κ3) is 1.95. The number of carbonyl (C=O) groups excluding carboxylic acids is 3. The van der Waals surface area contributed by atoms with Crippen LogP contribution in [0.4, 0.5) is 4.79 Å². The fraction of sp³-hybridized carbons (Fsp3) is 0.800. The van der Waals surface area contributed by atoms with Crippen molar-refractivity contribution in [2.75, 3.05) is 0 Å². The first-order valence-corrected chi connectivity index (χ1v) is 7.79. The van der Waals surface area contributed by atoms with Gasteiger partial charge in [-0.3, -0.25) is 19.8 Å². The molecule has 1 saturated heterocycles. The minimum absolute atomic E-state index is 0.0146. The Morgan fingerprint density at radius 1 is 1.15 bits per heavy atom. The molecule has 110 valence electrons. The molecule has 0 aromatic carbocycles. The van der Waals surface area contributed by atoms with Gasteiger partial charge in [0.2, 0.25) is 11.8 Å². The molecular formula is C15H22N2O3. The van der Waals surface area contributed by atoms with E-state index in [1.807, 2.05) is 0 Å². The Bertz CT molecular complexity index is 452. The number of hydrogen-bond donors (Lipinski definition) is 1. The predicted molar refractivity (Wildman–Crippen MR) is 72.7 cm³/mol. The van der Waals surface area contributed by atoms with Gasteiger partial charge in [0.1, 0.15) is 5.41 Å². The molecule has 3 rings (SSSR count). The van der Waals surface area contributed by atoms with Gasteiger partial charge in [0.15, 0.2) is 0 Å². The number of nitrogens with one attached hydrogen (secondary N) is 1. The molecule has 3 aliphatic rings. The number of carbonyl (C=O) groups is 3. The van der Waals surface area contributed by atoms with Crippen molar-refractivity contribution in [3.8, 4) is 0 Å². The highest BCUT2D eigenvalue weighted by atomic mass is 16.2. The zero-order valence-electron chi connectivity index (χ0n) is 12.0. The topological polar surface area (TPSA) is 66.5 Å². The molecule has 2 unspecified atom stereocenters. The first-order valence-electron chi connectivity index (χ1n) is 7.79. The molecule has 2 aliphatic carbocycles. The Morgan fingerprint density at radius 3 is 2.35 bits per heavy atom. The van der Waals surface area contributed by atoms with Crippen LogP contribution in [0.15, 0.2) is 0 Å². The second-order valence-corrected chi connectivity index (χ2v) is 6.40. The van der Waals surface area contributed by atoms with Gasteiger partial charge in [0.25, 0.3) is 0 Å². The molecule has 0 aromatic rings. The van der Waals surface area contributed by atoms with Crippen LogP contribution in [0.1, 0.15) is 58.3 Å². The molecule has 1 aliphatic heterocycles. The van der Waals surface area contributed by atoms with Gasteiger partial charge in [-0.25, -0.2) is 4.79 Å². The molecule has 3 fully saturated rings. The molecule has 2 saturated carbocycles. The first kappa shape index (κ1) is 13.6. The Hall–Kier alpha value is -1.39. The van der Waals surface area contributed by atoms with Crippen molar-refractivity contribution in [2.24, 2.45) is 11.3 Å². The third-order valence-electron chi connectivity index (χ3n) is 5.20. The molecule has 5 nitrogen and oxygen atoms in total. The van der Waals surface area contributed by atoms with Crippen LogP contribution in [0.2, 0.25) is 0 Å². The van der Waals surface area contributed by atoms with Crippen molar-refractivity contribution in [2.45, 2.75) is 64.3 Å². The van der Waals surface area contributed by atoms with Crippen molar-refractivity contribution in [3.63, 3.8) is 0 Å². The van der Waals surface area contributed by atoms with Crippen molar-refractivity contribution in [1.82, 2.24) is 10.2 Å². The molecule has 4 amide bonds. The smallest absolute Gasteiger partial charge is 0.277 e. The van der Waals surface area contributed by atoms with E-state index in [2.05, 4.69) is 12.2 Å². The van der Waals surface area contributed by atoms with Crippen molar-refractivity contribution in [1.29, 1.82) is 0 Å². The van der Waals surface area contributed by atoms with Crippen LogP contribution in [-0.4, -0.2) is 28.8 Å². The molecule has 0 bridgehead atoms. The molecule has 0 radical (unpaired) electrons. The second kappa shape index (κ2) is 4.86. The average molecular weight is 278 g/mol. The van der Waals surface area contributed by atoms with E-state index in [1.54, 1.807) is 0 Å². The van der Waals surface area contributed by atoms with Crippen LogP contribution < -0.4 is 5.32 Å². The summed E-state index contributed by atoms with van der Waals surface area (Å²) < 4.78 is 0. The van der Waals surface area contributed by atoms with Gasteiger partial charge in [0, 0.05) is 6.04 Å². The summed E-state index contributed by atoms with van der Waals surface area (Å²) in [6.07, 6.45) is 6.96. The molecule has 0 aromatic heterocycles. The lowest BCUT2D eigenvalue weighted by Gasteiger charge is -2.39. The highest BCUT2D eigenvalue weighted by Crippen LogP contribution is 2.45. The van der Waals surface area contributed by atoms with Crippen LogP contribution >= 0.6 is 0 Å². The molecule has 1 N–H and O–H groups in total. The van der Waals surface area contributed by atoms with Gasteiger partial charge in [-0.05, 0) is 25.2 Å². The van der Waals surface area contributed by atoms with E-state index in [9.17, 15) is 14.4 Å². The average Bonchev–Trinajstić information content (AvgIpc) is 3.20. The van der Waals surface area contributed by atoms with E-state index in [1.165, 1.54) is 4.90 Å². The van der Waals surface area contributed by atoms with Crippen LogP contribution in [0, 0.1) is 11.3 Å². The lowest BCUT2D eigenvalue weighted by molar-refractivity contribution is -0.153. The normalized spacial score (nSPS) is 33.0. The summed E-state index contributed by atoms with van der Waals surface area (Å²) in [6, 6.07) is -0.489. The molecule has 5 heteroatoms. The largest absolute Gasteiger partial charge is 0.331 e. The maximum atomic E-state index is 12.9. The molecule has 20 heavy (non-hydrogen) atoms. The van der Waals surface area contributed by atoms with E-state index < -0.39 is 11.4 Å². The van der Waals surface area contributed by atoms with Crippen LogP contribution in [0.5, 0.6) is 0 Å². The zero-order valence-corrected chi connectivity index (χ0v) is 12.0. The number of hydrogen-bond acceptors (Lipinski definition) is 3. The highest BCUT2D eigenvalue weighted by molar-refractivity contribution is 6.19. The summed E-state index contributed by atoms with van der Waals surface area (Å²) >= 11 is 0. The van der Waals surface area contributed by atoms with Crippen molar-refractivity contribution >= 4 is 17.8 Å². The summed E-state index contributed by atoms with van der Waals surface area (Å²) in [4.78, 5) is 38.6. The van der Waals surface area contributed by atoms with Gasteiger partial charge < -0.3 is 0 Å². The number of nitrogens with zero attached hydrogens (tertiary/aromatic N) is 1. The molecular weight excluding hydrogens is 256 g/mol. The number of amides is 4. The Morgan fingerprint density at radius 2 is 1.80 bits per heavy atom. The van der Waals surface area contributed by atoms with Crippen LogP contribution in [-0.2, 0) is 9.59 Å². The van der Waals surface area contributed by atoms with Crippen molar-refractivity contribution in [3.05, 3.63) is 0 Å². The second-order valence-electron chi connectivity index (χ2n) is 6.40. The van der Waals surface area contributed by atoms with Gasteiger partial charge >= 0.3 is 6.03 Å². The lowest BCUT2D eigenvalue weighted by Crippen LogP contribution is -2.64.